The highest BCUT2D eigenvalue weighted by molar-refractivity contribution is 6.13. The van der Waals surface area contributed by atoms with E-state index in [0.717, 1.165) is 0 Å². The van der Waals surface area contributed by atoms with Gasteiger partial charge in [0.2, 0.25) is 0 Å². The maximum atomic E-state index is 2.29. The van der Waals surface area contributed by atoms with Gasteiger partial charge in [-0.15, -0.1) is 0 Å². The van der Waals surface area contributed by atoms with E-state index >= 15 is 0 Å². The van der Waals surface area contributed by atoms with E-state index < -0.39 is 0 Å². The van der Waals surface area contributed by atoms with Crippen LogP contribution in [0.25, 0.3) is 32.7 Å². The maximum Gasteiger partial charge on any atom is -0.00242 e. The first-order chi connectivity index (χ1) is 10.7. The molecule has 0 saturated carbocycles. The summed E-state index contributed by atoms with van der Waals surface area (Å²) in [6.07, 6.45) is 0. The van der Waals surface area contributed by atoms with Crippen molar-refractivity contribution in [2.24, 2.45) is 0 Å². The van der Waals surface area contributed by atoms with Gasteiger partial charge in [0.15, 0.2) is 0 Å². The Morgan fingerprint density at radius 2 is 1.18 bits per heavy atom. The molecule has 4 aromatic carbocycles. The second kappa shape index (κ2) is 4.99. The summed E-state index contributed by atoms with van der Waals surface area (Å²) in [5, 5.41) is 5.26. The standard InChI is InChI=1S/C22H18/c1-15-11-12-19(16(2)13-15)22-20-9-5-3-7-17(20)14-18-8-4-6-10-21(18)22/h3-14H,1-2H3. The van der Waals surface area contributed by atoms with Crippen molar-refractivity contribution in [2.75, 3.05) is 0 Å². The molecule has 0 saturated heterocycles. The zero-order valence-electron chi connectivity index (χ0n) is 12.9. The van der Waals surface area contributed by atoms with Crippen molar-refractivity contribution in [1.29, 1.82) is 0 Å². The minimum absolute atomic E-state index is 1.30. The molecule has 0 aliphatic heterocycles. The molecule has 0 radical (unpaired) electrons. The summed E-state index contributed by atoms with van der Waals surface area (Å²) in [7, 11) is 0. The van der Waals surface area contributed by atoms with Crippen LogP contribution in [0, 0.1) is 13.8 Å². The summed E-state index contributed by atoms with van der Waals surface area (Å²) in [5.74, 6) is 0. The van der Waals surface area contributed by atoms with Gasteiger partial charge in [0, 0.05) is 0 Å². The highest BCUT2D eigenvalue weighted by Gasteiger charge is 2.11. The molecular weight excluding hydrogens is 264 g/mol. The molecule has 0 spiro atoms. The van der Waals surface area contributed by atoms with Crippen molar-refractivity contribution < 1.29 is 0 Å². The lowest BCUT2D eigenvalue weighted by Crippen LogP contribution is -1.89. The van der Waals surface area contributed by atoms with E-state index in [1.54, 1.807) is 0 Å². The van der Waals surface area contributed by atoms with Gasteiger partial charge in [-0.3, -0.25) is 0 Å². The van der Waals surface area contributed by atoms with Gasteiger partial charge >= 0.3 is 0 Å². The summed E-state index contributed by atoms with van der Waals surface area (Å²) in [6.45, 7) is 4.36. The van der Waals surface area contributed by atoms with Crippen LogP contribution >= 0.6 is 0 Å². The second-order valence-corrected chi connectivity index (χ2v) is 6.01. The lowest BCUT2D eigenvalue weighted by Gasteiger charge is -2.14. The maximum absolute atomic E-state index is 2.29. The smallest absolute Gasteiger partial charge is 0.00242 e. The summed E-state index contributed by atoms with van der Waals surface area (Å²) in [4.78, 5) is 0. The van der Waals surface area contributed by atoms with Crippen LogP contribution in [0.5, 0.6) is 0 Å². The van der Waals surface area contributed by atoms with Crippen LogP contribution in [0.3, 0.4) is 0 Å². The van der Waals surface area contributed by atoms with Crippen molar-refractivity contribution in [2.45, 2.75) is 13.8 Å². The molecular formula is C22H18. The number of rotatable bonds is 1. The molecule has 4 aromatic rings. The predicted molar refractivity (Wildman–Crippen MR) is 96.4 cm³/mol. The number of hydrogen-bond donors (Lipinski definition) is 0. The van der Waals surface area contributed by atoms with Gasteiger partial charge in [0.05, 0.1) is 0 Å². The predicted octanol–water partition coefficient (Wildman–Crippen LogP) is 6.28. The van der Waals surface area contributed by atoms with Crippen molar-refractivity contribution in [3.8, 4) is 11.1 Å². The van der Waals surface area contributed by atoms with Gasteiger partial charge in [0.25, 0.3) is 0 Å². The fourth-order valence-corrected chi connectivity index (χ4v) is 3.40. The molecule has 0 bridgehead atoms. The van der Waals surface area contributed by atoms with Crippen LogP contribution in [-0.4, -0.2) is 0 Å². The first-order valence-electron chi connectivity index (χ1n) is 7.72. The molecule has 0 unspecified atom stereocenters. The van der Waals surface area contributed by atoms with Crippen molar-refractivity contribution in [3.05, 3.63) is 83.9 Å². The molecule has 0 heterocycles. The van der Waals surface area contributed by atoms with Crippen LogP contribution in [0.4, 0.5) is 0 Å². The summed E-state index contributed by atoms with van der Waals surface area (Å²) in [5.41, 5.74) is 5.33. The molecule has 0 atom stereocenters. The van der Waals surface area contributed by atoms with E-state index in [0.29, 0.717) is 0 Å². The lowest BCUT2D eigenvalue weighted by atomic mass is 9.89. The van der Waals surface area contributed by atoms with E-state index in [2.05, 4.69) is 86.6 Å². The van der Waals surface area contributed by atoms with Crippen molar-refractivity contribution in [3.63, 3.8) is 0 Å². The van der Waals surface area contributed by atoms with Crippen molar-refractivity contribution in [1.82, 2.24) is 0 Å². The molecule has 0 aliphatic carbocycles. The zero-order valence-corrected chi connectivity index (χ0v) is 12.9. The Morgan fingerprint density at radius 1 is 0.591 bits per heavy atom. The molecule has 106 valence electrons. The average molecular weight is 282 g/mol. The second-order valence-electron chi connectivity index (χ2n) is 6.01. The first kappa shape index (κ1) is 13.1. The Labute approximate surface area is 131 Å². The Bertz CT molecular complexity index is 939. The number of aryl methyl sites for hydroxylation is 2. The molecule has 0 fully saturated rings. The van der Waals surface area contributed by atoms with Gasteiger partial charge in [-0.2, -0.15) is 0 Å². The first-order valence-corrected chi connectivity index (χ1v) is 7.72. The largest absolute Gasteiger partial charge is 0.0616 e. The molecule has 0 aliphatic rings. The molecule has 4 rings (SSSR count). The SMILES string of the molecule is Cc1ccc(-c2c3ccccc3cc3ccccc23)c(C)c1. The molecule has 0 aromatic heterocycles. The molecule has 0 N–H and O–H groups in total. The van der Waals surface area contributed by atoms with E-state index in [1.807, 2.05) is 0 Å². The minimum Gasteiger partial charge on any atom is -0.0616 e. The van der Waals surface area contributed by atoms with E-state index in [4.69, 9.17) is 0 Å². The van der Waals surface area contributed by atoms with Crippen LogP contribution < -0.4 is 0 Å². The number of benzene rings is 4. The van der Waals surface area contributed by atoms with Crippen LogP contribution in [0.15, 0.2) is 72.8 Å². The van der Waals surface area contributed by atoms with Gasteiger partial charge in [-0.25, -0.2) is 0 Å². The zero-order chi connectivity index (χ0) is 15.1. The van der Waals surface area contributed by atoms with Crippen LogP contribution in [-0.2, 0) is 0 Å². The Hall–Kier alpha value is -2.60. The quantitative estimate of drug-likeness (QED) is 0.360. The topological polar surface area (TPSA) is 0 Å². The average Bonchev–Trinajstić information content (AvgIpc) is 2.53. The third-order valence-electron chi connectivity index (χ3n) is 4.42. The van der Waals surface area contributed by atoms with Gasteiger partial charge in [-0.05, 0) is 58.1 Å². The highest BCUT2D eigenvalue weighted by atomic mass is 14.1. The van der Waals surface area contributed by atoms with Crippen LogP contribution in [0.1, 0.15) is 11.1 Å². The monoisotopic (exact) mass is 282 g/mol. The highest BCUT2D eigenvalue weighted by Crippen LogP contribution is 2.37. The molecule has 0 amide bonds. The fraction of sp³-hybridized carbons (Fsp3) is 0.0909. The van der Waals surface area contributed by atoms with Gasteiger partial charge in [0.1, 0.15) is 0 Å². The lowest BCUT2D eigenvalue weighted by molar-refractivity contribution is 1.39. The van der Waals surface area contributed by atoms with E-state index in [-0.39, 0.29) is 0 Å². The van der Waals surface area contributed by atoms with Gasteiger partial charge in [-0.1, -0.05) is 72.3 Å². The van der Waals surface area contributed by atoms with Crippen LogP contribution in [0.2, 0.25) is 0 Å². The van der Waals surface area contributed by atoms with Crippen molar-refractivity contribution >= 4 is 21.5 Å². The summed E-state index contributed by atoms with van der Waals surface area (Å²) < 4.78 is 0. The van der Waals surface area contributed by atoms with Gasteiger partial charge < -0.3 is 0 Å². The fourth-order valence-electron chi connectivity index (χ4n) is 3.40. The van der Waals surface area contributed by atoms with E-state index in [9.17, 15) is 0 Å². The number of hydrogen-bond acceptors (Lipinski definition) is 0. The minimum atomic E-state index is 1.30. The molecule has 0 nitrogen and oxygen atoms in total. The molecule has 22 heavy (non-hydrogen) atoms. The van der Waals surface area contributed by atoms with E-state index in [1.165, 1.54) is 43.8 Å². The third-order valence-corrected chi connectivity index (χ3v) is 4.42. The Balaban J connectivity index is 2.21. The molecule has 0 heteroatoms. The normalized spacial score (nSPS) is 11.2. The Morgan fingerprint density at radius 3 is 1.77 bits per heavy atom. The summed E-state index contributed by atoms with van der Waals surface area (Å²) in [6, 6.07) is 26.4. The summed E-state index contributed by atoms with van der Waals surface area (Å²) >= 11 is 0. The number of fused-ring (bicyclic) bond motifs is 2. The Kier molecular flexibility index (Phi) is 2.97. The third kappa shape index (κ3) is 2.00.